The summed E-state index contributed by atoms with van der Waals surface area (Å²) >= 11 is 0. The van der Waals surface area contributed by atoms with Gasteiger partial charge in [-0.05, 0) is 0 Å². The van der Waals surface area contributed by atoms with E-state index in [1.54, 1.807) is 0 Å². The fraction of sp³-hybridized carbons (Fsp3) is 0. The summed E-state index contributed by atoms with van der Waals surface area (Å²) in [7, 11) is -4.00. The number of imidazole rings is 1. The van der Waals surface area contributed by atoms with Crippen LogP contribution < -0.4 is 20.2 Å². The summed E-state index contributed by atoms with van der Waals surface area (Å²) in [6.45, 7) is 0. The van der Waals surface area contributed by atoms with Crippen LogP contribution in [0.15, 0.2) is 4.79 Å². The number of phosphoric acid groups is 1. The third-order valence-electron chi connectivity index (χ3n) is 2.20. The minimum absolute atomic E-state index is 0.0373. The maximum atomic E-state index is 13.7. The van der Waals surface area contributed by atoms with Crippen LogP contribution in [0.4, 0.5) is 10.4 Å². The molecule has 0 aromatic carbocycles. The smallest absolute Gasteiger partial charge is 0.355 e. The molecule has 0 saturated carbocycles. The topological polar surface area (TPSA) is 110 Å². The van der Waals surface area contributed by atoms with Crippen LogP contribution in [0.1, 0.15) is 0 Å². The highest BCUT2D eigenvalue weighted by atomic mass is 31.2. The first-order valence-electron chi connectivity index (χ1n) is 4.23. The van der Waals surface area contributed by atoms with Crippen molar-refractivity contribution in [2.24, 2.45) is 0 Å². The van der Waals surface area contributed by atoms with Crippen LogP contribution in [0.25, 0.3) is 11.2 Å². The van der Waals surface area contributed by atoms with E-state index in [0.717, 1.165) is 0 Å². The van der Waals surface area contributed by atoms with Gasteiger partial charge in [0.15, 0.2) is 5.52 Å². The summed E-state index contributed by atoms with van der Waals surface area (Å²) in [5.41, 5.74) is 0.367. The van der Waals surface area contributed by atoms with Crippen molar-refractivity contribution in [1.82, 2.24) is 19.5 Å². The van der Waals surface area contributed by atoms with E-state index in [-0.39, 0.29) is 22.0 Å². The monoisotopic (exact) mass is 261 g/mol. The first-order valence-corrected chi connectivity index (χ1v) is 5.69. The van der Waals surface area contributed by atoms with Gasteiger partial charge in [0.2, 0.25) is 5.65 Å². The molecule has 0 amide bonds. The molecule has 1 unspecified atom stereocenters. The zero-order chi connectivity index (χ0) is 11.8. The number of fused-ring (bicyclic) bond motifs is 1. The predicted molar refractivity (Wildman–Crippen MR) is 47.8 cm³/mol. The minimum atomic E-state index is -4.00. The van der Waals surface area contributed by atoms with Gasteiger partial charge in [0.1, 0.15) is 0 Å². The molecule has 10 nitrogen and oxygen atoms in total. The average molecular weight is 261 g/mol. The minimum Gasteiger partial charge on any atom is -0.355 e. The van der Waals surface area contributed by atoms with Crippen molar-refractivity contribution >= 4 is 24.9 Å². The van der Waals surface area contributed by atoms with E-state index in [9.17, 15) is 13.8 Å². The average Bonchev–Trinajstić information content (AvgIpc) is 2.76. The summed E-state index contributed by atoms with van der Waals surface area (Å²) in [6, 6.07) is -0.338. The quantitative estimate of drug-likeness (QED) is 0.638. The van der Waals surface area contributed by atoms with Gasteiger partial charge in [-0.1, -0.05) is 4.48 Å². The largest absolute Gasteiger partial charge is 0.632 e. The van der Waals surface area contributed by atoms with Crippen molar-refractivity contribution in [3.8, 4) is 6.01 Å². The third kappa shape index (κ3) is 0.929. The molecule has 6 bridgehead atoms. The first-order chi connectivity index (χ1) is 8.07. The van der Waals surface area contributed by atoms with Crippen LogP contribution in [-0.2, 0) is 9.19 Å². The second kappa shape index (κ2) is 2.41. The lowest BCUT2D eigenvalue weighted by Crippen LogP contribution is -2.16. The molecule has 17 heavy (non-hydrogen) atoms. The van der Waals surface area contributed by atoms with Gasteiger partial charge >= 0.3 is 19.4 Å². The Balaban J connectivity index is 2.29. The number of hydrogen-bond acceptors (Lipinski definition) is 8. The molecule has 12 heteroatoms. The Morgan fingerprint density at radius 1 is 1.41 bits per heavy atom. The lowest BCUT2D eigenvalue weighted by Gasteiger charge is -2.06. The third-order valence-corrected chi connectivity index (χ3v) is 3.26. The van der Waals surface area contributed by atoms with Crippen LogP contribution in [0.2, 0.25) is 0 Å². The molecule has 0 spiro atoms. The highest BCUT2D eigenvalue weighted by molar-refractivity contribution is 7.49. The predicted octanol–water partition coefficient (Wildman–Crippen LogP) is -0.388. The van der Waals surface area contributed by atoms with E-state index in [4.69, 9.17) is 9.15 Å². The molecular weight excluding hydrogens is 260 g/mol. The Bertz CT molecular complexity index is 781. The number of hydrogen-bond donors (Lipinski definition) is 1. The zero-order valence-electron chi connectivity index (χ0n) is 7.66. The van der Waals surface area contributed by atoms with E-state index in [1.807, 2.05) is 5.48 Å². The van der Waals surface area contributed by atoms with Gasteiger partial charge in [-0.2, -0.15) is 9.97 Å². The molecule has 4 aliphatic rings. The van der Waals surface area contributed by atoms with E-state index in [0.29, 0.717) is 4.73 Å². The van der Waals surface area contributed by atoms with E-state index in [1.165, 1.54) is 0 Å². The van der Waals surface area contributed by atoms with Gasteiger partial charge in [0.05, 0.1) is 0 Å². The number of anilines is 1. The Hall–Kier alpha value is -2.13. The van der Waals surface area contributed by atoms with Crippen molar-refractivity contribution < 1.29 is 22.8 Å². The molecule has 0 radical (unpaired) electrons. The lowest BCUT2D eigenvalue weighted by molar-refractivity contribution is 0.218. The normalized spacial score (nSPS) is 24.3. The van der Waals surface area contributed by atoms with Gasteiger partial charge in [0, 0.05) is 0 Å². The summed E-state index contributed by atoms with van der Waals surface area (Å²) < 4.78 is 40.2. The zero-order valence-corrected chi connectivity index (χ0v) is 8.55. The van der Waals surface area contributed by atoms with Gasteiger partial charge in [-0.3, -0.25) is 9.42 Å². The summed E-state index contributed by atoms with van der Waals surface area (Å²) in [5, 5.41) is 0. The fourth-order valence-corrected chi connectivity index (χ4v) is 2.50. The standard InChI is InChI=1S/C5HFN5O5P/c6-10-2-1-3(12)8-4(10)9-15-17(13)14-5(7-2)11(1)16-17/h(H,8,9,12). The van der Waals surface area contributed by atoms with Crippen LogP contribution in [0, 0.1) is 0 Å². The van der Waals surface area contributed by atoms with Crippen molar-refractivity contribution in [3.63, 3.8) is 0 Å². The molecule has 0 aliphatic carbocycles. The first kappa shape index (κ1) is 8.96. The molecule has 0 fully saturated rings. The number of rotatable bonds is 0. The number of nitrogens with one attached hydrogen (secondary N) is 1. The molecular formula is C5HFN5O5P. The summed E-state index contributed by atoms with van der Waals surface area (Å²) in [4.78, 5) is 18.5. The molecule has 0 saturated heterocycles. The molecule has 6 heterocycles. The SMILES string of the molecule is O=c1nc2n(F)c3nc4n(c13)OP(=O)(ON2)O4. The van der Waals surface area contributed by atoms with Gasteiger partial charge in [0.25, 0.3) is 5.95 Å². The molecule has 2 aromatic rings. The highest BCUT2D eigenvalue weighted by Crippen LogP contribution is 2.52. The van der Waals surface area contributed by atoms with Gasteiger partial charge in [-0.25, -0.2) is 10.0 Å². The van der Waals surface area contributed by atoms with Crippen molar-refractivity contribution in [1.29, 1.82) is 0 Å². The second-order valence-corrected chi connectivity index (χ2v) is 4.62. The van der Waals surface area contributed by atoms with Crippen molar-refractivity contribution in [2.75, 3.05) is 5.48 Å². The molecule has 1 N–H and O–H groups in total. The van der Waals surface area contributed by atoms with Crippen molar-refractivity contribution in [2.45, 2.75) is 0 Å². The van der Waals surface area contributed by atoms with E-state index >= 15 is 0 Å². The Kier molecular flexibility index (Phi) is 1.27. The highest BCUT2D eigenvalue weighted by Gasteiger charge is 2.46. The van der Waals surface area contributed by atoms with Gasteiger partial charge in [-0.15, -0.1) is 14.1 Å². The molecule has 6 rings (SSSR count). The molecule has 2 aromatic heterocycles. The summed E-state index contributed by atoms with van der Waals surface area (Å²) in [6.07, 6.45) is 0. The van der Waals surface area contributed by atoms with Crippen LogP contribution in [0.3, 0.4) is 0 Å². The van der Waals surface area contributed by atoms with E-state index in [2.05, 4.69) is 14.6 Å². The maximum Gasteiger partial charge on any atom is 0.632 e. The summed E-state index contributed by atoms with van der Waals surface area (Å²) in [5.74, 6) is -0.602. The Labute approximate surface area is 90.0 Å². The number of nitrogens with zero attached hydrogens (tertiary/aromatic N) is 4. The molecule has 88 valence electrons. The van der Waals surface area contributed by atoms with E-state index < -0.39 is 19.3 Å². The van der Waals surface area contributed by atoms with Crippen LogP contribution in [-0.4, -0.2) is 19.5 Å². The second-order valence-electron chi connectivity index (χ2n) is 3.20. The van der Waals surface area contributed by atoms with Crippen LogP contribution >= 0.6 is 7.82 Å². The Morgan fingerprint density at radius 3 is 3.06 bits per heavy atom. The Morgan fingerprint density at radius 2 is 2.24 bits per heavy atom. The number of aromatic nitrogens is 4. The molecule has 1 atom stereocenters. The van der Waals surface area contributed by atoms with Gasteiger partial charge < -0.3 is 4.52 Å². The molecule has 4 aliphatic heterocycles. The fourth-order valence-electron chi connectivity index (χ4n) is 1.53. The van der Waals surface area contributed by atoms with Crippen LogP contribution in [0.5, 0.6) is 6.01 Å². The van der Waals surface area contributed by atoms with Crippen molar-refractivity contribution in [3.05, 3.63) is 10.4 Å². The maximum absolute atomic E-state index is 13.7. The number of halogens is 1. The lowest BCUT2D eigenvalue weighted by atomic mass is 10.5.